The zero-order valence-electron chi connectivity index (χ0n) is 10.4. The van der Waals surface area contributed by atoms with E-state index in [1.54, 1.807) is 11.3 Å². The molecule has 0 spiro atoms. The molecule has 0 amide bonds. The lowest BCUT2D eigenvalue weighted by Crippen LogP contribution is -2.22. The highest BCUT2D eigenvalue weighted by Gasteiger charge is 2.16. The smallest absolute Gasteiger partial charge is 0.137 e. The Labute approximate surface area is 133 Å². The van der Waals surface area contributed by atoms with E-state index in [4.69, 9.17) is 0 Å². The van der Waals surface area contributed by atoms with Crippen LogP contribution in [0.5, 0.6) is 0 Å². The fourth-order valence-corrected chi connectivity index (χ4v) is 3.77. The van der Waals surface area contributed by atoms with Crippen molar-refractivity contribution < 1.29 is 4.39 Å². The van der Waals surface area contributed by atoms with Gasteiger partial charge in [0, 0.05) is 4.88 Å². The van der Waals surface area contributed by atoms with Crippen LogP contribution in [0.25, 0.3) is 0 Å². The minimum Gasteiger partial charge on any atom is -0.306 e. The lowest BCUT2D eigenvalue weighted by atomic mass is 10.1. The van der Waals surface area contributed by atoms with E-state index < -0.39 is 0 Å². The number of benzene rings is 1. The number of rotatable bonds is 5. The van der Waals surface area contributed by atoms with E-state index in [-0.39, 0.29) is 11.9 Å². The predicted octanol–water partition coefficient (Wildman–Crippen LogP) is 5.50. The molecular weight excluding hydrogens is 393 g/mol. The van der Waals surface area contributed by atoms with Crippen molar-refractivity contribution in [2.75, 3.05) is 6.54 Å². The van der Waals surface area contributed by atoms with Gasteiger partial charge in [-0.1, -0.05) is 13.0 Å². The molecule has 102 valence electrons. The molecule has 1 aromatic heterocycles. The second-order valence-electron chi connectivity index (χ2n) is 4.20. The topological polar surface area (TPSA) is 12.0 Å². The Morgan fingerprint density at radius 1 is 1.26 bits per heavy atom. The molecule has 0 fully saturated rings. The third-order valence-corrected chi connectivity index (χ3v) is 5.05. The molecule has 0 bridgehead atoms. The van der Waals surface area contributed by atoms with Gasteiger partial charge in [0.1, 0.15) is 5.82 Å². The number of thiophene rings is 1. The maximum Gasteiger partial charge on any atom is 0.137 e. The van der Waals surface area contributed by atoms with E-state index in [9.17, 15) is 4.39 Å². The van der Waals surface area contributed by atoms with Crippen molar-refractivity contribution in [3.05, 3.63) is 54.8 Å². The average Bonchev–Trinajstić information content (AvgIpc) is 2.80. The van der Waals surface area contributed by atoms with Crippen LogP contribution in [0.3, 0.4) is 0 Å². The summed E-state index contributed by atoms with van der Waals surface area (Å²) in [4.78, 5) is 1.22. The molecule has 2 aromatic rings. The number of halogens is 3. The average molecular weight is 407 g/mol. The fraction of sp³-hybridized carbons (Fsp3) is 0.286. The van der Waals surface area contributed by atoms with Crippen molar-refractivity contribution in [1.29, 1.82) is 0 Å². The third-order valence-electron chi connectivity index (χ3n) is 2.75. The summed E-state index contributed by atoms with van der Waals surface area (Å²) < 4.78 is 15.0. The highest BCUT2D eigenvalue weighted by atomic mass is 79.9. The maximum atomic E-state index is 13.3. The van der Waals surface area contributed by atoms with Crippen molar-refractivity contribution in [3.63, 3.8) is 0 Å². The van der Waals surface area contributed by atoms with Crippen LogP contribution in [0.15, 0.2) is 38.6 Å². The molecule has 0 aliphatic rings. The quantitative estimate of drug-likeness (QED) is 0.690. The standard InChI is InChI=1S/C14H14Br2FNS/c1-2-7-18-14(12-5-6-13(16)19-12)9-3-4-11(17)10(15)8-9/h3-6,8,14,18H,2,7H2,1H3. The molecule has 0 radical (unpaired) electrons. The molecule has 19 heavy (non-hydrogen) atoms. The Morgan fingerprint density at radius 2 is 2.05 bits per heavy atom. The summed E-state index contributed by atoms with van der Waals surface area (Å²) in [7, 11) is 0. The van der Waals surface area contributed by atoms with Crippen LogP contribution >= 0.6 is 43.2 Å². The van der Waals surface area contributed by atoms with Gasteiger partial charge in [-0.3, -0.25) is 0 Å². The van der Waals surface area contributed by atoms with Crippen LogP contribution in [0, 0.1) is 5.82 Å². The molecule has 1 unspecified atom stereocenters. The van der Waals surface area contributed by atoms with Crippen LogP contribution in [-0.4, -0.2) is 6.54 Å². The molecule has 1 nitrogen and oxygen atoms in total. The van der Waals surface area contributed by atoms with Crippen molar-refractivity contribution in [2.45, 2.75) is 19.4 Å². The normalized spacial score (nSPS) is 12.6. The van der Waals surface area contributed by atoms with E-state index in [1.807, 2.05) is 18.2 Å². The second-order valence-corrected chi connectivity index (χ2v) is 7.55. The Hall–Kier alpha value is -0.230. The van der Waals surface area contributed by atoms with Gasteiger partial charge in [0.2, 0.25) is 0 Å². The van der Waals surface area contributed by atoms with Gasteiger partial charge in [-0.25, -0.2) is 4.39 Å². The van der Waals surface area contributed by atoms with Gasteiger partial charge in [0.25, 0.3) is 0 Å². The van der Waals surface area contributed by atoms with Crippen LogP contribution in [-0.2, 0) is 0 Å². The minimum atomic E-state index is -0.231. The predicted molar refractivity (Wildman–Crippen MR) is 86.3 cm³/mol. The highest BCUT2D eigenvalue weighted by Crippen LogP contribution is 2.32. The number of hydrogen-bond acceptors (Lipinski definition) is 2. The second kappa shape index (κ2) is 6.97. The molecule has 1 aromatic carbocycles. The van der Waals surface area contributed by atoms with E-state index in [2.05, 4.69) is 50.2 Å². The van der Waals surface area contributed by atoms with Crippen LogP contribution < -0.4 is 5.32 Å². The molecule has 1 atom stereocenters. The first-order valence-corrected chi connectivity index (χ1v) is 8.45. The lowest BCUT2D eigenvalue weighted by Gasteiger charge is -2.18. The van der Waals surface area contributed by atoms with E-state index in [0.29, 0.717) is 4.47 Å². The molecule has 1 heterocycles. The van der Waals surface area contributed by atoms with Crippen LogP contribution in [0.2, 0.25) is 0 Å². The first-order chi connectivity index (χ1) is 9.11. The molecule has 0 saturated carbocycles. The van der Waals surface area contributed by atoms with E-state index in [0.717, 1.165) is 22.3 Å². The van der Waals surface area contributed by atoms with Crippen molar-refractivity contribution in [1.82, 2.24) is 5.32 Å². The summed E-state index contributed by atoms with van der Waals surface area (Å²) in [5.41, 5.74) is 1.07. The third kappa shape index (κ3) is 3.88. The van der Waals surface area contributed by atoms with Gasteiger partial charge in [0.05, 0.1) is 14.3 Å². The zero-order chi connectivity index (χ0) is 13.8. The molecule has 1 N–H and O–H groups in total. The highest BCUT2D eigenvalue weighted by molar-refractivity contribution is 9.11. The summed E-state index contributed by atoms with van der Waals surface area (Å²) in [5, 5.41) is 3.51. The minimum absolute atomic E-state index is 0.105. The van der Waals surface area contributed by atoms with Crippen LogP contribution in [0.4, 0.5) is 4.39 Å². The Morgan fingerprint density at radius 3 is 2.63 bits per heavy atom. The first-order valence-electron chi connectivity index (χ1n) is 6.05. The molecule has 0 aliphatic carbocycles. The maximum absolute atomic E-state index is 13.3. The summed E-state index contributed by atoms with van der Waals surface area (Å²) in [6.45, 7) is 3.06. The zero-order valence-corrected chi connectivity index (χ0v) is 14.4. The van der Waals surface area contributed by atoms with Crippen molar-refractivity contribution in [2.24, 2.45) is 0 Å². The van der Waals surface area contributed by atoms with Crippen molar-refractivity contribution >= 4 is 43.2 Å². The van der Waals surface area contributed by atoms with Gasteiger partial charge in [-0.15, -0.1) is 11.3 Å². The molecule has 2 rings (SSSR count). The number of nitrogens with one attached hydrogen (secondary N) is 1. The van der Waals surface area contributed by atoms with E-state index >= 15 is 0 Å². The number of hydrogen-bond donors (Lipinski definition) is 1. The van der Waals surface area contributed by atoms with Gasteiger partial charge >= 0.3 is 0 Å². The first kappa shape index (κ1) is 15.2. The lowest BCUT2D eigenvalue weighted by molar-refractivity contribution is 0.596. The SMILES string of the molecule is CCCNC(c1ccc(F)c(Br)c1)c1ccc(Br)s1. The molecule has 0 aliphatic heterocycles. The summed E-state index contributed by atoms with van der Waals surface area (Å²) >= 11 is 8.44. The Kier molecular flexibility index (Phi) is 5.57. The summed E-state index contributed by atoms with van der Waals surface area (Å²) in [6.07, 6.45) is 1.06. The largest absolute Gasteiger partial charge is 0.306 e. The molecular formula is C14H14Br2FNS. The van der Waals surface area contributed by atoms with E-state index in [1.165, 1.54) is 10.9 Å². The van der Waals surface area contributed by atoms with Crippen molar-refractivity contribution in [3.8, 4) is 0 Å². The van der Waals surface area contributed by atoms with Gasteiger partial charge in [-0.2, -0.15) is 0 Å². The Balaban J connectivity index is 2.33. The molecule has 5 heteroatoms. The van der Waals surface area contributed by atoms with Gasteiger partial charge in [-0.05, 0) is 74.7 Å². The monoisotopic (exact) mass is 405 g/mol. The summed E-state index contributed by atoms with van der Waals surface area (Å²) in [6, 6.07) is 9.42. The molecule has 0 saturated heterocycles. The summed E-state index contributed by atoms with van der Waals surface area (Å²) in [5.74, 6) is -0.231. The van der Waals surface area contributed by atoms with Crippen LogP contribution in [0.1, 0.15) is 29.8 Å². The van der Waals surface area contributed by atoms with Gasteiger partial charge in [0.15, 0.2) is 0 Å². The van der Waals surface area contributed by atoms with Gasteiger partial charge < -0.3 is 5.32 Å². The Bertz CT molecular complexity index is 556. The fourth-order valence-electron chi connectivity index (χ4n) is 1.85.